The molecule has 0 unspecified atom stereocenters. The van der Waals surface area contributed by atoms with Crippen LogP contribution in [0.15, 0.2) is 0 Å². The summed E-state index contributed by atoms with van der Waals surface area (Å²) in [6, 6.07) is 0. The third-order valence-corrected chi connectivity index (χ3v) is 2.60. The molecule has 0 heteroatoms. The van der Waals surface area contributed by atoms with Crippen molar-refractivity contribution in [1.82, 2.24) is 0 Å². The van der Waals surface area contributed by atoms with Gasteiger partial charge in [0, 0.05) is 0 Å². The lowest BCUT2D eigenvalue weighted by atomic mass is 9.56. The highest BCUT2D eigenvalue weighted by atomic mass is 14.5. The molecule has 0 saturated carbocycles. The molecule has 80 valence electrons. The molecule has 0 rings (SSSR count). The van der Waals surface area contributed by atoms with Crippen LogP contribution < -0.4 is 0 Å². The quantitative estimate of drug-likeness (QED) is 0.510. The second-order valence-corrected chi connectivity index (χ2v) is 7.53. The molecule has 0 aliphatic rings. The zero-order chi connectivity index (χ0) is 11.1. The van der Waals surface area contributed by atoms with E-state index in [2.05, 4.69) is 62.3 Å². The van der Waals surface area contributed by atoms with Gasteiger partial charge in [-0.15, -0.1) is 0 Å². The molecular formula is C13H28. The highest BCUT2D eigenvalue weighted by molar-refractivity contribution is 4.91. The van der Waals surface area contributed by atoms with Gasteiger partial charge in [0.15, 0.2) is 0 Å². The summed E-state index contributed by atoms with van der Waals surface area (Å²) in [5.41, 5.74) is 1.16. The first kappa shape index (κ1) is 13.0. The fraction of sp³-hybridized carbons (Fsp3) is 1.00. The van der Waals surface area contributed by atoms with E-state index < -0.39 is 0 Å². The lowest BCUT2D eigenvalue weighted by Crippen LogP contribution is -2.41. The summed E-state index contributed by atoms with van der Waals surface area (Å²) in [4.78, 5) is 0. The van der Waals surface area contributed by atoms with Crippen LogP contribution in [-0.2, 0) is 0 Å². The topological polar surface area (TPSA) is 0 Å². The second-order valence-electron chi connectivity index (χ2n) is 7.53. The predicted molar refractivity (Wildman–Crippen MR) is 61.9 cm³/mol. The number of rotatable bonds is 0. The first-order valence-electron chi connectivity index (χ1n) is 5.37. The standard InChI is InChI=1S/C13H28/c1-11(2,3)10(12(4,5)6)13(7,8)9/h10H,1-9H3. The van der Waals surface area contributed by atoms with Crippen molar-refractivity contribution in [3.8, 4) is 0 Å². The summed E-state index contributed by atoms with van der Waals surface area (Å²) in [6.45, 7) is 21.2. The van der Waals surface area contributed by atoms with Gasteiger partial charge in [0.2, 0.25) is 0 Å². The van der Waals surface area contributed by atoms with E-state index in [-0.39, 0.29) is 0 Å². The Morgan fingerprint density at radius 3 is 0.615 bits per heavy atom. The maximum atomic E-state index is 2.36. The van der Waals surface area contributed by atoms with Crippen molar-refractivity contribution >= 4 is 0 Å². The minimum Gasteiger partial charge on any atom is -0.0599 e. The molecule has 0 aliphatic heterocycles. The van der Waals surface area contributed by atoms with Crippen molar-refractivity contribution in [3.05, 3.63) is 0 Å². The minimum absolute atomic E-state index is 0.385. The van der Waals surface area contributed by atoms with E-state index in [9.17, 15) is 0 Å². The SMILES string of the molecule is CC(C)(C)C(C(C)(C)C)C(C)(C)C. The summed E-state index contributed by atoms with van der Waals surface area (Å²) in [7, 11) is 0. The fourth-order valence-electron chi connectivity index (χ4n) is 3.90. The fourth-order valence-corrected chi connectivity index (χ4v) is 3.90. The van der Waals surface area contributed by atoms with Crippen molar-refractivity contribution in [3.63, 3.8) is 0 Å². The van der Waals surface area contributed by atoms with Gasteiger partial charge in [0.1, 0.15) is 0 Å². The molecule has 0 radical (unpaired) electrons. The zero-order valence-corrected chi connectivity index (χ0v) is 11.1. The van der Waals surface area contributed by atoms with E-state index in [1.54, 1.807) is 0 Å². The largest absolute Gasteiger partial charge is 0.0599 e. The van der Waals surface area contributed by atoms with Gasteiger partial charge in [0.05, 0.1) is 0 Å². The Hall–Kier alpha value is 0. The van der Waals surface area contributed by atoms with E-state index in [1.165, 1.54) is 0 Å². The van der Waals surface area contributed by atoms with Crippen LogP contribution in [0.2, 0.25) is 0 Å². The lowest BCUT2D eigenvalue weighted by Gasteiger charge is -2.49. The summed E-state index contributed by atoms with van der Waals surface area (Å²) in [6.07, 6.45) is 0. The smallest absolute Gasteiger partial charge is 0.0268 e. The van der Waals surface area contributed by atoms with Gasteiger partial charge in [-0.25, -0.2) is 0 Å². The second kappa shape index (κ2) is 3.29. The Kier molecular flexibility index (Phi) is 3.29. The Balaban J connectivity index is 5.02. The molecule has 0 amide bonds. The lowest BCUT2D eigenvalue weighted by molar-refractivity contribution is 0.00271. The monoisotopic (exact) mass is 184 g/mol. The molecule has 0 aromatic rings. The van der Waals surface area contributed by atoms with Gasteiger partial charge >= 0.3 is 0 Å². The molecule has 0 spiro atoms. The first-order valence-corrected chi connectivity index (χ1v) is 5.37. The van der Waals surface area contributed by atoms with E-state index in [0.29, 0.717) is 16.2 Å². The van der Waals surface area contributed by atoms with Crippen molar-refractivity contribution in [2.75, 3.05) is 0 Å². The molecule has 0 heterocycles. The maximum absolute atomic E-state index is 2.36. The molecule has 0 bridgehead atoms. The number of hydrogen-bond donors (Lipinski definition) is 0. The zero-order valence-electron chi connectivity index (χ0n) is 11.1. The van der Waals surface area contributed by atoms with Crippen molar-refractivity contribution in [2.24, 2.45) is 22.2 Å². The van der Waals surface area contributed by atoms with Crippen LogP contribution in [0, 0.1) is 22.2 Å². The maximum Gasteiger partial charge on any atom is -0.0268 e. The van der Waals surface area contributed by atoms with Crippen LogP contribution >= 0.6 is 0 Å². The average molecular weight is 184 g/mol. The van der Waals surface area contributed by atoms with Crippen molar-refractivity contribution < 1.29 is 0 Å². The van der Waals surface area contributed by atoms with E-state index >= 15 is 0 Å². The van der Waals surface area contributed by atoms with Gasteiger partial charge in [-0.1, -0.05) is 62.3 Å². The van der Waals surface area contributed by atoms with Crippen LogP contribution in [0.3, 0.4) is 0 Å². The first-order chi connectivity index (χ1) is 5.37. The molecule has 0 aromatic carbocycles. The molecular weight excluding hydrogens is 156 g/mol. The van der Waals surface area contributed by atoms with E-state index in [1.807, 2.05) is 0 Å². The van der Waals surface area contributed by atoms with Gasteiger partial charge in [0.25, 0.3) is 0 Å². The van der Waals surface area contributed by atoms with Gasteiger partial charge in [-0.05, 0) is 22.2 Å². The number of hydrogen-bond acceptors (Lipinski definition) is 0. The van der Waals surface area contributed by atoms with E-state index in [0.717, 1.165) is 5.92 Å². The van der Waals surface area contributed by atoms with Gasteiger partial charge in [-0.3, -0.25) is 0 Å². The Morgan fingerprint density at radius 2 is 0.615 bits per heavy atom. The molecule has 0 atom stereocenters. The molecule has 0 aromatic heterocycles. The Morgan fingerprint density at radius 1 is 0.462 bits per heavy atom. The van der Waals surface area contributed by atoms with Crippen molar-refractivity contribution in [2.45, 2.75) is 62.3 Å². The van der Waals surface area contributed by atoms with Crippen molar-refractivity contribution in [1.29, 1.82) is 0 Å². The molecule has 13 heavy (non-hydrogen) atoms. The average Bonchev–Trinajstić information content (AvgIpc) is 1.44. The van der Waals surface area contributed by atoms with Gasteiger partial charge < -0.3 is 0 Å². The third-order valence-electron chi connectivity index (χ3n) is 2.60. The molecule has 0 nitrogen and oxygen atoms in total. The van der Waals surface area contributed by atoms with Gasteiger partial charge in [-0.2, -0.15) is 0 Å². The highest BCUT2D eigenvalue weighted by Gasteiger charge is 2.42. The highest BCUT2D eigenvalue weighted by Crippen LogP contribution is 2.49. The van der Waals surface area contributed by atoms with E-state index in [4.69, 9.17) is 0 Å². The normalized spacial score (nSPS) is 15.2. The molecule has 0 saturated heterocycles. The molecule has 0 fully saturated rings. The summed E-state index contributed by atoms with van der Waals surface area (Å²) in [5.74, 6) is 0.729. The van der Waals surface area contributed by atoms with Crippen LogP contribution in [0.1, 0.15) is 62.3 Å². The Bertz CT molecular complexity index is 123. The Labute approximate surface area is 85.1 Å². The minimum atomic E-state index is 0.385. The van der Waals surface area contributed by atoms with Crippen LogP contribution in [-0.4, -0.2) is 0 Å². The van der Waals surface area contributed by atoms with Crippen LogP contribution in [0.5, 0.6) is 0 Å². The third kappa shape index (κ3) is 3.70. The van der Waals surface area contributed by atoms with Crippen LogP contribution in [0.25, 0.3) is 0 Å². The molecule has 0 aliphatic carbocycles. The van der Waals surface area contributed by atoms with Crippen LogP contribution in [0.4, 0.5) is 0 Å². The summed E-state index contributed by atoms with van der Waals surface area (Å²) >= 11 is 0. The predicted octanol–water partition coefficient (Wildman–Crippen LogP) is 4.74. The molecule has 0 N–H and O–H groups in total. The summed E-state index contributed by atoms with van der Waals surface area (Å²) in [5, 5.41) is 0. The summed E-state index contributed by atoms with van der Waals surface area (Å²) < 4.78 is 0.